The van der Waals surface area contributed by atoms with Gasteiger partial charge in [-0.25, -0.2) is 0 Å². The summed E-state index contributed by atoms with van der Waals surface area (Å²) in [6.45, 7) is 16.6. The summed E-state index contributed by atoms with van der Waals surface area (Å²) < 4.78 is 0. The molecule has 0 spiro atoms. The molecule has 1 fully saturated rings. The highest BCUT2D eigenvalue weighted by molar-refractivity contribution is 4.77. The lowest BCUT2D eigenvalue weighted by molar-refractivity contribution is 0.128. The second-order valence-electron chi connectivity index (χ2n) is 7.83. The van der Waals surface area contributed by atoms with Crippen molar-refractivity contribution in [3.05, 3.63) is 0 Å². The number of piperidine rings is 1. The molecule has 2 heteroatoms. The standard InChI is InChI=1S/C17H36N2/c1-14-9-12-19(13-15(14)2)11-6-7-16(8-10-18)17(3,4)5/h14-16H,6-13,18H2,1-5H3. The minimum absolute atomic E-state index is 0.406. The highest BCUT2D eigenvalue weighted by Gasteiger charge is 2.25. The van der Waals surface area contributed by atoms with Crippen LogP contribution < -0.4 is 5.73 Å². The Morgan fingerprint density at radius 2 is 1.84 bits per heavy atom. The Morgan fingerprint density at radius 3 is 2.37 bits per heavy atom. The smallest absolute Gasteiger partial charge is 0.000957 e. The molecule has 1 rings (SSSR count). The molecule has 3 atom stereocenters. The van der Waals surface area contributed by atoms with Gasteiger partial charge in [-0.1, -0.05) is 34.6 Å². The largest absolute Gasteiger partial charge is 0.330 e. The van der Waals surface area contributed by atoms with E-state index >= 15 is 0 Å². The van der Waals surface area contributed by atoms with Crippen molar-refractivity contribution in [3.63, 3.8) is 0 Å². The SMILES string of the molecule is CC1CCN(CCCC(CCN)C(C)(C)C)CC1C. The van der Waals surface area contributed by atoms with Crippen LogP contribution in [0, 0.1) is 23.2 Å². The first-order chi connectivity index (χ1) is 8.84. The van der Waals surface area contributed by atoms with Gasteiger partial charge in [-0.2, -0.15) is 0 Å². The average molecular weight is 268 g/mol. The van der Waals surface area contributed by atoms with E-state index in [2.05, 4.69) is 39.5 Å². The monoisotopic (exact) mass is 268 g/mol. The zero-order valence-corrected chi connectivity index (χ0v) is 13.9. The fourth-order valence-corrected chi connectivity index (χ4v) is 3.33. The molecule has 0 aliphatic carbocycles. The Hall–Kier alpha value is -0.0800. The topological polar surface area (TPSA) is 29.3 Å². The van der Waals surface area contributed by atoms with Gasteiger partial charge in [0.15, 0.2) is 0 Å². The van der Waals surface area contributed by atoms with E-state index in [1.807, 2.05) is 0 Å². The Bertz CT molecular complexity index is 244. The lowest BCUT2D eigenvalue weighted by Gasteiger charge is -2.36. The first-order valence-corrected chi connectivity index (χ1v) is 8.27. The molecule has 0 radical (unpaired) electrons. The molecule has 1 heterocycles. The molecule has 0 amide bonds. The molecule has 0 bridgehead atoms. The zero-order chi connectivity index (χ0) is 14.5. The van der Waals surface area contributed by atoms with Crippen molar-refractivity contribution in [1.82, 2.24) is 4.90 Å². The van der Waals surface area contributed by atoms with Crippen LogP contribution in [0.3, 0.4) is 0 Å². The van der Waals surface area contributed by atoms with Crippen LogP contribution in [0.4, 0.5) is 0 Å². The summed E-state index contributed by atoms with van der Waals surface area (Å²) in [7, 11) is 0. The molecule has 1 aliphatic heterocycles. The van der Waals surface area contributed by atoms with Crippen LogP contribution in [0.25, 0.3) is 0 Å². The van der Waals surface area contributed by atoms with Crippen LogP contribution in [0.2, 0.25) is 0 Å². The van der Waals surface area contributed by atoms with Crippen molar-refractivity contribution in [1.29, 1.82) is 0 Å². The number of hydrogen-bond acceptors (Lipinski definition) is 2. The number of likely N-dealkylation sites (tertiary alicyclic amines) is 1. The van der Waals surface area contributed by atoms with Gasteiger partial charge in [0.25, 0.3) is 0 Å². The maximum absolute atomic E-state index is 5.76. The second-order valence-corrected chi connectivity index (χ2v) is 7.83. The third kappa shape index (κ3) is 5.83. The van der Waals surface area contributed by atoms with Gasteiger partial charge in [0, 0.05) is 6.54 Å². The van der Waals surface area contributed by atoms with Crippen LogP contribution in [-0.2, 0) is 0 Å². The minimum atomic E-state index is 0.406. The summed E-state index contributed by atoms with van der Waals surface area (Å²) in [5.41, 5.74) is 6.17. The Balaban J connectivity index is 2.28. The molecular formula is C17H36N2. The van der Waals surface area contributed by atoms with Gasteiger partial charge in [0.05, 0.1) is 0 Å². The second kappa shape index (κ2) is 7.64. The van der Waals surface area contributed by atoms with Gasteiger partial charge in [0.2, 0.25) is 0 Å². The van der Waals surface area contributed by atoms with E-state index in [-0.39, 0.29) is 0 Å². The molecule has 0 aromatic carbocycles. The maximum Gasteiger partial charge on any atom is 0.000957 e. The third-order valence-corrected chi connectivity index (χ3v) is 5.19. The van der Waals surface area contributed by atoms with Gasteiger partial charge >= 0.3 is 0 Å². The van der Waals surface area contributed by atoms with Crippen molar-refractivity contribution in [2.75, 3.05) is 26.2 Å². The molecule has 0 aromatic rings. The first-order valence-electron chi connectivity index (χ1n) is 8.27. The van der Waals surface area contributed by atoms with E-state index in [0.29, 0.717) is 5.41 Å². The molecule has 2 N–H and O–H groups in total. The lowest BCUT2D eigenvalue weighted by atomic mass is 9.76. The van der Waals surface area contributed by atoms with Crippen LogP contribution >= 0.6 is 0 Å². The predicted molar refractivity (Wildman–Crippen MR) is 85.2 cm³/mol. The zero-order valence-electron chi connectivity index (χ0n) is 13.9. The summed E-state index contributed by atoms with van der Waals surface area (Å²) in [4.78, 5) is 2.67. The van der Waals surface area contributed by atoms with Crippen molar-refractivity contribution in [3.8, 4) is 0 Å². The fraction of sp³-hybridized carbons (Fsp3) is 1.00. The Kier molecular flexibility index (Phi) is 6.82. The molecule has 19 heavy (non-hydrogen) atoms. The van der Waals surface area contributed by atoms with E-state index in [1.165, 1.54) is 45.3 Å². The Labute approximate surface area is 121 Å². The molecule has 1 aliphatic rings. The highest BCUT2D eigenvalue weighted by Crippen LogP contribution is 2.32. The summed E-state index contributed by atoms with van der Waals surface area (Å²) in [6, 6.07) is 0. The third-order valence-electron chi connectivity index (χ3n) is 5.19. The maximum atomic E-state index is 5.76. The van der Waals surface area contributed by atoms with E-state index in [0.717, 1.165) is 24.3 Å². The highest BCUT2D eigenvalue weighted by atomic mass is 15.1. The van der Waals surface area contributed by atoms with E-state index in [9.17, 15) is 0 Å². The van der Waals surface area contributed by atoms with Gasteiger partial charge in [-0.15, -0.1) is 0 Å². The molecule has 114 valence electrons. The predicted octanol–water partition coefficient (Wildman–Crippen LogP) is 3.76. The van der Waals surface area contributed by atoms with Gasteiger partial charge in [0.1, 0.15) is 0 Å². The van der Waals surface area contributed by atoms with Crippen LogP contribution in [-0.4, -0.2) is 31.1 Å². The van der Waals surface area contributed by atoms with Crippen LogP contribution in [0.5, 0.6) is 0 Å². The quantitative estimate of drug-likeness (QED) is 0.795. The number of rotatable bonds is 6. The van der Waals surface area contributed by atoms with E-state index in [1.54, 1.807) is 0 Å². The van der Waals surface area contributed by atoms with Crippen LogP contribution in [0.15, 0.2) is 0 Å². The van der Waals surface area contributed by atoms with E-state index in [4.69, 9.17) is 5.73 Å². The summed E-state index contributed by atoms with van der Waals surface area (Å²) in [5.74, 6) is 2.56. The molecule has 0 saturated carbocycles. The average Bonchev–Trinajstić information content (AvgIpc) is 2.31. The van der Waals surface area contributed by atoms with Gasteiger partial charge in [-0.05, 0) is 68.5 Å². The molecule has 0 aromatic heterocycles. The minimum Gasteiger partial charge on any atom is -0.330 e. The fourth-order valence-electron chi connectivity index (χ4n) is 3.33. The summed E-state index contributed by atoms with van der Waals surface area (Å²) >= 11 is 0. The molecule has 2 nitrogen and oxygen atoms in total. The summed E-state index contributed by atoms with van der Waals surface area (Å²) in [6.07, 6.45) is 5.23. The van der Waals surface area contributed by atoms with Gasteiger partial charge in [-0.3, -0.25) is 0 Å². The molecule has 1 saturated heterocycles. The normalized spacial score (nSPS) is 27.5. The van der Waals surface area contributed by atoms with Crippen molar-refractivity contribution < 1.29 is 0 Å². The van der Waals surface area contributed by atoms with Crippen molar-refractivity contribution in [2.45, 2.75) is 60.3 Å². The first kappa shape index (κ1) is 17.0. The van der Waals surface area contributed by atoms with Crippen molar-refractivity contribution in [2.24, 2.45) is 28.9 Å². The molecule has 3 unspecified atom stereocenters. The number of nitrogens with zero attached hydrogens (tertiary/aromatic N) is 1. The lowest BCUT2D eigenvalue weighted by Crippen LogP contribution is -2.39. The number of hydrogen-bond donors (Lipinski definition) is 1. The van der Waals surface area contributed by atoms with Crippen molar-refractivity contribution >= 4 is 0 Å². The van der Waals surface area contributed by atoms with Crippen LogP contribution in [0.1, 0.15) is 60.3 Å². The van der Waals surface area contributed by atoms with Gasteiger partial charge < -0.3 is 10.6 Å². The molecular weight excluding hydrogens is 232 g/mol. The Morgan fingerprint density at radius 1 is 1.16 bits per heavy atom. The van der Waals surface area contributed by atoms with E-state index < -0.39 is 0 Å². The number of nitrogens with two attached hydrogens (primary N) is 1. The summed E-state index contributed by atoms with van der Waals surface area (Å²) in [5, 5.41) is 0.